The van der Waals surface area contributed by atoms with Gasteiger partial charge in [-0.1, -0.05) is 13.3 Å². The van der Waals surface area contributed by atoms with E-state index in [4.69, 9.17) is 4.74 Å². The van der Waals surface area contributed by atoms with Gasteiger partial charge in [-0.25, -0.2) is 4.79 Å². The van der Waals surface area contributed by atoms with E-state index >= 15 is 0 Å². The number of amides is 1. The second kappa shape index (κ2) is 4.51. The standard InChI is InChI=1S/C14H25NO2/c1-5-10-8-11-6-7-12(9-10)15(11)13(16)17-14(2,3)4/h10-12H,5-9H2,1-4H3. The predicted octanol–water partition coefficient (Wildman–Crippen LogP) is 3.57. The molecule has 2 heterocycles. The third kappa shape index (κ3) is 2.75. The van der Waals surface area contributed by atoms with Crippen LogP contribution in [0.1, 0.15) is 59.8 Å². The van der Waals surface area contributed by atoms with E-state index in [0.717, 1.165) is 5.92 Å². The van der Waals surface area contributed by atoms with Gasteiger partial charge in [-0.2, -0.15) is 0 Å². The number of hydrogen-bond acceptors (Lipinski definition) is 2. The molecule has 2 saturated heterocycles. The largest absolute Gasteiger partial charge is 0.444 e. The molecule has 1 amide bonds. The van der Waals surface area contributed by atoms with Crippen LogP contribution in [0.4, 0.5) is 4.79 Å². The third-order valence-corrected chi connectivity index (χ3v) is 4.01. The van der Waals surface area contributed by atoms with Crippen molar-refractivity contribution in [3.8, 4) is 0 Å². The molecule has 2 aliphatic heterocycles. The van der Waals surface area contributed by atoms with Crippen LogP contribution in [0.3, 0.4) is 0 Å². The van der Waals surface area contributed by atoms with E-state index < -0.39 is 0 Å². The average Bonchev–Trinajstić information content (AvgIpc) is 2.47. The van der Waals surface area contributed by atoms with Crippen molar-refractivity contribution in [2.75, 3.05) is 0 Å². The summed E-state index contributed by atoms with van der Waals surface area (Å²) in [5.74, 6) is 0.811. The topological polar surface area (TPSA) is 29.5 Å². The Morgan fingerprint density at radius 1 is 1.24 bits per heavy atom. The predicted molar refractivity (Wildman–Crippen MR) is 67.9 cm³/mol. The fourth-order valence-corrected chi connectivity index (χ4v) is 3.24. The summed E-state index contributed by atoms with van der Waals surface area (Å²) in [5, 5.41) is 0. The number of carbonyl (C=O) groups excluding carboxylic acids is 1. The highest BCUT2D eigenvalue weighted by molar-refractivity contribution is 5.69. The van der Waals surface area contributed by atoms with Gasteiger partial charge >= 0.3 is 6.09 Å². The molecule has 3 heteroatoms. The van der Waals surface area contributed by atoms with Gasteiger partial charge in [0.2, 0.25) is 0 Å². The number of fused-ring (bicyclic) bond motifs is 2. The highest BCUT2D eigenvalue weighted by Crippen LogP contribution is 2.40. The van der Waals surface area contributed by atoms with Crippen molar-refractivity contribution in [3.63, 3.8) is 0 Å². The molecule has 2 atom stereocenters. The molecule has 2 fully saturated rings. The Morgan fingerprint density at radius 3 is 2.18 bits per heavy atom. The molecule has 0 radical (unpaired) electrons. The van der Waals surface area contributed by atoms with Crippen molar-refractivity contribution < 1.29 is 9.53 Å². The van der Waals surface area contributed by atoms with Crippen LogP contribution in [-0.4, -0.2) is 28.7 Å². The molecule has 0 aromatic heterocycles. The van der Waals surface area contributed by atoms with Crippen LogP contribution in [0.5, 0.6) is 0 Å². The molecule has 2 rings (SSSR count). The van der Waals surface area contributed by atoms with E-state index in [9.17, 15) is 4.79 Å². The Hall–Kier alpha value is -0.730. The maximum atomic E-state index is 12.2. The van der Waals surface area contributed by atoms with Gasteiger partial charge in [-0.05, 0) is 52.4 Å². The van der Waals surface area contributed by atoms with Gasteiger partial charge in [-0.3, -0.25) is 0 Å². The SMILES string of the molecule is CCC1CC2CCC(C1)N2C(=O)OC(C)(C)C. The summed E-state index contributed by atoms with van der Waals surface area (Å²) in [7, 11) is 0. The smallest absolute Gasteiger partial charge is 0.410 e. The van der Waals surface area contributed by atoms with Gasteiger partial charge in [0.15, 0.2) is 0 Å². The molecule has 0 saturated carbocycles. The zero-order valence-electron chi connectivity index (χ0n) is 11.5. The summed E-state index contributed by atoms with van der Waals surface area (Å²) in [6, 6.07) is 0.877. The highest BCUT2D eigenvalue weighted by Gasteiger charge is 2.44. The number of rotatable bonds is 1. The van der Waals surface area contributed by atoms with Crippen LogP contribution >= 0.6 is 0 Å². The van der Waals surface area contributed by atoms with Crippen LogP contribution in [0.2, 0.25) is 0 Å². The second-order valence-electron chi connectivity index (χ2n) is 6.52. The number of carbonyl (C=O) groups is 1. The summed E-state index contributed by atoms with van der Waals surface area (Å²) >= 11 is 0. The third-order valence-electron chi connectivity index (χ3n) is 4.01. The fraction of sp³-hybridized carbons (Fsp3) is 0.929. The van der Waals surface area contributed by atoms with Gasteiger partial charge in [0.25, 0.3) is 0 Å². The number of nitrogens with zero attached hydrogens (tertiary/aromatic N) is 1. The summed E-state index contributed by atoms with van der Waals surface area (Å²) < 4.78 is 5.51. The monoisotopic (exact) mass is 239 g/mol. The minimum absolute atomic E-state index is 0.0976. The lowest BCUT2D eigenvalue weighted by atomic mass is 9.89. The summed E-state index contributed by atoms with van der Waals surface area (Å²) in [6.07, 6.45) is 5.83. The van der Waals surface area contributed by atoms with Gasteiger partial charge in [-0.15, -0.1) is 0 Å². The lowest BCUT2D eigenvalue weighted by molar-refractivity contribution is 0.00191. The van der Waals surface area contributed by atoms with Crippen LogP contribution in [0, 0.1) is 5.92 Å². The molecule has 2 bridgehead atoms. The quantitative estimate of drug-likeness (QED) is 0.700. The molecule has 0 aliphatic carbocycles. The number of hydrogen-bond donors (Lipinski definition) is 0. The Balaban J connectivity index is 2.01. The average molecular weight is 239 g/mol. The number of piperidine rings is 1. The van der Waals surface area contributed by atoms with Crippen molar-refractivity contribution in [1.82, 2.24) is 4.90 Å². The first-order valence-corrected chi connectivity index (χ1v) is 6.92. The van der Waals surface area contributed by atoms with Gasteiger partial charge in [0.05, 0.1) is 0 Å². The molecule has 0 aromatic rings. The first-order valence-electron chi connectivity index (χ1n) is 6.92. The first kappa shape index (κ1) is 12.7. The molecule has 0 spiro atoms. The van der Waals surface area contributed by atoms with E-state index in [1.807, 2.05) is 25.7 Å². The van der Waals surface area contributed by atoms with Crippen molar-refractivity contribution >= 4 is 6.09 Å². The highest BCUT2D eigenvalue weighted by atomic mass is 16.6. The zero-order chi connectivity index (χ0) is 12.6. The zero-order valence-corrected chi connectivity index (χ0v) is 11.5. The molecule has 98 valence electrons. The van der Waals surface area contributed by atoms with Gasteiger partial charge in [0.1, 0.15) is 5.60 Å². The van der Waals surface area contributed by atoms with E-state index in [1.165, 1.54) is 32.1 Å². The van der Waals surface area contributed by atoms with Crippen LogP contribution < -0.4 is 0 Å². The minimum atomic E-state index is -0.377. The van der Waals surface area contributed by atoms with Gasteiger partial charge in [0, 0.05) is 12.1 Å². The van der Waals surface area contributed by atoms with Gasteiger partial charge < -0.3 is 9.64 Å². The maximum absolute atomic E-state index is 12.2. The van der Waals surface area contributed by atoms with Crippen molar-refractivity contribution in [1.29, 1.82) is 0 Å². The van der Waals surface area contributed by atoms with Crippen LogP contribution in [0.25, 0.3) is 0 Å². The summed E-state index contributed by atoms with van der Waals surface area (Å²) in [5.41, 5.74) is -0.377. The summed E-state index contributed by atoms with van der Waals surface area (Å²) in [6.45, 7) is 8.07. The van der Waals surface area contributed by atoms with Crippen LogP contribution in [-0.2, 0) is 4.74 Å². The Bertz CT molecular complexity index is 281. The molecule has 0 N–H and O–H groups in total. The second-order valence-corrected chi connectivity index (χ2v) is 6.52. The Labute approximate surface area is 105 Å². The maximum Gasteiger partial charge on any atom is 0.410 e. The fourth-order valence-electron chi connectivity index (χ4n) is 3.24. The normalized spacial score (nSPS) is 32.7. The molecule has 2 unspecified atom stereocenters. The van der Waals surface area contributed by atoms with Crippen molar-refractivity contribution in [3.05, 3.63) is 0 Å². The minimum Gasteiger partial charge on any atom is -0.444 e. The van der Waals surface area contributed by atoms with E-state index in [0.29, 0.717) is 12.1 Å². The molecule has 17 heavy (non-hydrogen) atoms. The Morgan fingerprint density at radius 2 is 1.76 bits per heavy atom. The molecule has 0 aromatic carbocycles. The van der Waals surface area contributed by atoms with Crippen LogP contribution in [0.15, 0.2) is 0 Å². The van der Waals surface area contributed by atoms with Crippen molar-refractivity contribution in [2.45, 2.75) is 77.5 Å². The Kier molecular flexibility index (Phi) is 3.37. The first-order chi connectivity index (χ1) is 7.90. The van der Waals surface area contributed by atoms with E-state index in [2.05, 4.69) is 6.92 Å². The molecule has 3 nitrogen and oxygen atoms in total. The molecule has 2 aliphatic rings. The van der Waals surface area contributed by atoms with E-state index in [1.54, 1.807) is 0 Å². The lowest BCUT2D eigenvalue weighted by Crippen LogP contribution is -2.48. The lowest BCUT2D eigenvalue weighted by Gasteiger charge is -2.39. The summed E-state index contributed by atoms with van der Waals surface area (Å²) in [4.78, 5) is 14.2. The van der Waals surface area contributed by atoms with E-state index in [-0.39, 0.29) is 11.7 Å². The van der Waals surface area contributed by atoms with Crippen molar-refractivity contribution in [2.24, 2.45) is 5.92 Å². The molecular weight excluding hydrogens is 214 g/mol. The number of ether oxygens (including phenoxy) is 1. The molecular formula is C14H25NO2.